The van der Waals surface area contributed by atoms with Crippen molar-refractivity contribution in [3.8, 4) is 11.4 Å². The van der Waals surface area contributed by atoms with E-state index in [1.54, 1.807) is 24.4 Å². The lowest BCUT2D eigenvalue weighted by Gasteiger charge is -1.96. The highest BCUT2D eigenvalue weighted by molar-refractivity contribution is 5.67. The lowest BCUT2D eigenvalue weighted by Crippen LogP contribution is -2.00. The van der Waals surface area contributed by atoms with Gasteiger partial charge in [0.15, 0.2) is 0 Å². The highest BCUT2D eigenvalue weighted by Gasteiger charge is 2.19. The van der Waals surface area contributed by atoms with Crippen molar-refractivity contribution in [1.82, 2.24) is 19.9 Å². The van der Waals surface area contributed by atoms with Crippen molar-refractivity contribution < 1.29 is 9.45 Å². The summed E-state index contributed by atoms with van der Waals surface area (Å²) in [7, 11) is 0. The Bertz CT molecular complexity index is 794. The van der Waals surface area contributed by atoms with E-state index < -0.39 is 4.92 Å². The summed E-state index contributed by atoms with van der Waals surface area (Å²) in [5.41, 5.74) is 6.31. The maximum absolute atomic E-state index is 11.0. The summed E-state index contributed by atoms with van der Waals surface area (Å²) in [6.45, 7) is 0.241. The number of hydrogen-bond acceptors (Lipinski definition) is 7. The number of nitrogen functional groups attached to an aromatic ring is 1. The van der Waals surface area contributed by atoms with Gasteiger partial charge >= 0.3 is 0 Å². The number of rotatable bonds is 4. The quantitative estimate of drug-likeness (QED) is 0.568. The van der Waals surface area contributed by atoms with Gasteiger partial charge in [0.05, 0.1) is 16.8 Å². The number of aromatic nitrogens is 4. The van der Waals surface area contributed by atoms with Gasteiger partial charge in [0.2, 0.25) is 11.7 Å². The second-order valence-corrected chi connectivity index (χ2v) is 4.26. The van der Waals surface area contributed by atoms with Crippen LogP contribution in [-0.4, -0.2) is 24.8 Å². The van der Waals surface area contributed by atoms with Gasteiger partial charge in [-0.05, 0) is 6.07 Å². The van der Waals surface area contributed by atoms with E-state index in [2.05, 4.69) is 15.2 Å². The van der Waals surface area contributed by atoms with E-state index in [0.29, 0.717) is 11.3 Å². The molecule has 0 saturated carbocycles. The molecule has 0 aliphatic rings. The zero-order chi connectivity index (χ0) is 14.8. The lowest BCUT2D eigenvalue weighted by molar-refractivity contribution is -0.384. The largest absolute Gasteiger partial charge is 0.396 e. The zero-order valence-electron chi connectivity index (χ0n) is 10.7. The molecule has 9 nitrogen and oxygen atoms in total. The van der Waals surface area contributed by atoms with E-state index in [-0.39, 0.29) is 23.9 Å². The minimum Gasteiger partial charge on any atom is -0.396 e. The van der Waals surface area contributed by atoms with Gasteiger partial charge in [0.25, 0.3) is 5.69 Å². The molecule has 0 fully saturated rings. The molecular weight excluding hydrogens is 276 g/mol. The Kier molecular flexibility index (Phi) is 3.07. The molecule has 0 saturated heterocycles. The predicted octanol–water partition coefficient (Wildman–Crippen LogP) is 1.47. The molecule has 2 aromatic heterocycles. The molecular formula is C12H10N6O3. The number of benzene rings is 1. The standard InChI is InChI=1S/C12H10N6O3/c13-8-5-14-17(6-8)7-11-15-12(16-21-11)9-3-1-2-4-10(9)18(19)20/h1-6H,7,13H2. The van der Waals surface area contributed by atoms with E-state index in [1.165, 1.54) is 16.9 Å². The number of nitro benzene ring substituents is 1. The predicted molar refractivity (Wildman–Crippen MR) is 72.1 cm³/mol. The van der Waals surface area contributed by atoms with E-state index in [1.807, 2.05) is 0 Å². The summed E-state index contributed by atoms with van der Waals surface area (Å²) in [6, 6.07) is 6.21. The van der Waals surface area contributed by atoms with E-state index in [9.17, 15) is 10.1 Å². The molecule has 0 radical (unpaired) electrons. The summed E-state index contributed by atoms with van der Waals surface area (Å²) in [4.78, 5) is 14.6. The number of anilines is 1. The molecule has 21 heavy (non-hydrogen) atoms. The summed E-state index contributed by atoms with van der Waals surface area (Å²) in [5, 5.41) is 18.8. The number of nitrogens with two attached hydrogens (primary N) is 1. The van der Waals surface area contributed by atoms with Crippen molar-refractivity contribution in [2.45, 2.75) is 6.54 Å². The van der Waals surface area contributed by atoms with Gasteiger partial charge in [-0.1, -0.05) is 17.3 Å². The molecule has 0 unspecified atom stereocenters. The number of nitrogens with zero attached hydrogens (tertiary/aromatic N) is 5. The normalized spacial score (nSPS) is 10.7. The first-order valence-electron chi connectivity index (χ1n) is 5.98. The Labute approximate surface area is 118 Å². The van der Waals surface area contributed by atoms with Crippen molar-refractivity contribution in [1.29, 1.82) is 0 Å². The first-order valence-corrected chi connectivity index (χ1v) is 5.98. The number of para-hydroxylation sites is 1. The summed E-state index contributed by atoms with van der Waals surface area (Å²) in [5.74, 6) is 0.448. The molecule has 0 aliphatic carbocycles. The Balaban J connectivity index is 1.90. The van der Waals surface area contributed by atoms with Crippen LogP contribution in [0.5, 0.6) is 0 Å². The molecule has 0 atom stereocenters. The van der Waals surface area contributed by atoms with Crippen LogP contribution in [0, 0.1) is 10.1 Å². The van der Waals surface area contributed by atoms with E-state index >= 15 is 0 Å². The Morgan fingerprint density at radius 2 is 2.19 bits per heavy atom. The zero-order valence-corrected chi connectivity index (χ0v) is 10.7. The van der Waals surface area contributed by atoms with Gasteiger partial charge in [-0.25, -0.2) is 0 Å². The fraction of sp³-hybridized carbons (Fsp3) is 0.0833. The Morgan fingerprint density at radius 1 is 1.38 bits per heavy atom. The fourth-order valence-corrected chi connectivity index (χ4v) is 1.86. The van der Waals surface area contributed by atoms with Crippen molar-refractivity contribution in [3.05, 3.63) is 52.7 Å². The summed E-state index contributed by atoms with van der Waals surface area (Å²) < 4.78 is 6.62. The third-order valence-electron chi connectivity index (χ3n) is 2.76. The van der Waals surface area contributed by atoms with Crippen molar-refractivity contribution in [2.75, 3.05) is 5.73 Å². The second kappa shape index (κ2) is 5.04. The van der Waals surface area contributed by atoms with Gasteiger partial charge in [-0.2, -0.15) is 10.1 Å². The average Bonchev–Trinajstić information content (AvgIpc) is 3.08. The minimum absolute atomic E-state index is 0.0758. The monoisotopic (exact) mass is 286 g/mol. The smallest absolute Gasteiger partial charge is 0.280 e. The van der Waals surface area contributed by atoms with Crippen LogP contribution in [0.4, 0.5) is 11.4 Å². The molecule has 3 rings (SSSR count). The lowest BCUT2D eigenvalue weighted by atomic mass is 10.2. The first kappa shape index (κ1) is 12.8. The maximum atomic E-state index is 11.0. The Morgan fingerprint density at radius 3 is 2.90 bits per heavy atom. The molecule has 9 heteroatoms. The maximum Gasteiger partial charge on any atom is 0.280 e. The topological polar surface area (TPSA) is 126 Å². The van der Waals surface area contributed by atoms with Crippen LogP contribution in [-0.2, 0) is 6.54 Å². The molecule has 0 bridgehead atoms. The summed E-state index contributed by atoms with van der Waals surface area (Å²) >= 11 is 0. The molecule has 106 valence electrons. The van der Waals surface area contributed by atoms with Crippen LogP contribution in [0.15, 0.2) is 41.2 Å². The molecule has 1 aromatic carbocycles. The van der Waals surface area contributed by atoms with Gasteiger partial charge in [-0.15, -0.1) is 0 Å². The third kappa shape index (κ3) is 2.56. The van der Waals surface area contributed by atoms with Crippen LogP contribution in [0.1, 0.15) is 5.89 Å². The van der Waals surface area contributed by atoms with Gasteiger partial charge < -0.3 is 10.3 Å². The second-order valence-electron chi connectivity index (χ2n) is 4.26. The highest BCUT2D eigenvalue weighted by atomic mass is 16.6. The van der Waals surface area contributed by atoms with Gasteiger partial charge in [-0.3, -0.25) is 14.8 Å². The first-order chi connectivity index (χ1) is 10.1. The number of nitro groups is 1. The SMILES string of the molecule is Nc1cnn(Cc2nc(-c3ccccc3[N+](=O)[O-])no2)c1. The fourth-order valence-electron chi connectivity index (χ4n) is 1.86. The highest BCUT2D eigenvalue weighted by Crippen LogP contribution is 2.27. The molecule has 0 spiro atoms. The van der Waals surface area contributed by atoms with Crippen molar-refractivity contribution >= 4 is 11.4 Å². The third-order valence-corrected chi connectivity index (χ3v) is 2.76. The van der Waals surface area contributed by atoms with Crippen LogP contribution < -0.4 is 5.73 Å². The molecule has 2 N–H and O–H groups in total. The average molecular weight is 286 g/mol. The van der Waals surface area contributed by atoms with Gasteiger partial charge in [0, 0.05) is 12.3 Å². The van der Waals surface area contributed by atoms with Gasteiger partial charge in [0.1, 0.15) is 12.1 Å². The summed E-state index contributed by atoms with van der Waals surface area (Å²) in [6.07, 6.45) is 3.12. The van der Waals surface area contributed by atoms with Crippen LogP contribution >= 0.6 is 0 Å². The van der Waals surface area contributed by atoms with Crippen molar-refractivity contribution in [2.24, 2.45) is 0 Å². The van der Waals surface area contributed by atoms with Crippen LogP contribution in [0.2, 0.25) is 0 Å². The Hall–Kier alpha value is -3.23. The van der Waals surface area contributed by atoms with Crippen molar-refractivity contribution in [3.63, 3.8) is 0 Å². The molecule has 2 heterocycles. The minimum atomic E-state index is -0.487. The van der Waals surface area contributed by atoms with E-state index in [0.717, 1.165) is 0 Å². The molecule has 0 aliphatic heterocycles. The number of hydrogen-bond donors (Lipinski definition) is 1. The van der Waals surface area contributed by atoms with E-state index in [4.69, 9.17) is 10.3 Å². The van der Waals surface area contributed by atoms with Crippen LogP contribution in [0.25, 0.3) is 11.4 Å². The molecule has 3 aromatic rings. The molecule has 0 amide bonds. The van der Waals surface area contributed by atoms with Crippen LogP contribution in [0.3, 0.4) is 0 Å².